The van der Waals surface area contributed by atoms with Crippen LogP contribution in [0.15, 0.2) is 0 Å². The van der Waals surface area contributed by atoms with Crippen LogP contribution >= 0.6 is 0 Å². The number of amides is 1. The molecule has 0 heterocycles. The van der Waals surface area contributed by atoms with Crippen molar-refractivity contribution in [2.45, 2.75) is 66.0 Å². The van der Waals surface area contributed by atoms with E-state index in [1.807, 2.05) is 34.6 Å². The Morgan fingerprint density at radius 3 is 2.43 bits per heavy atom. The summed E-state index contributed by atoms with van der Waals surface area (Å²) in [5, 5.41) is 12.4. The number of hydrogen-bond acceptors (Lipinski definition) is 3. The van der Waals surface area contributed by atoms with Gasteiger partial charge >= 0.3 is 5.97 Å². The van der Waals surface area contributed by atoms with Gasteiger partial charge in [0.15, 0.2) is 0 Å². The van der Waals surface area contributed by atoms with Crippen LogP contribution in [0.5, 0.6) is 0 Å². The molecule has 5 atom stereocenters. The van der Waals surface area contributed by atoms with Gasteiger partial charge in [0.25, 0.3) is 0 Å². The van der Waals surface area contributed by atoms with E-state index >= 15 is 0 Å². The van der Waals surface area contributed by atoms with Gasteiger partial charge in [-0.2, -0.15) is 0 Å². The first-order chi connectivity index (χ1) is 9.62. The Labute approximate surface area is 127 Å². The molecule has 0 aliphatic heterocycles. The number of hydrogen-bond donors (Lipinski definition) is 3. The molecule has 21 heavy (non-hydrogen) atoms. The second-order valence-corrected chi connectivity index (χ2v) is 7.10. The van der Waals surface area contributed by atoms with Gasteiger partial charge in [0, 0.05) is 6.04 Å². The van der Waals surface area contributed by atoms with Crippen molar-refractivity contribution in [3.05, 3.63) is 0 Å². The number of aliphatic carboxylic acids is 1. The Bertz CT molecular complexity index is 395. The third kappa shape index (κ3) is 3.76. The molecule has 0 aromatic heterocycles. The summed E-state index contributed by atoms with van der Waals surface area (Å²) >= 11 is 0. The third-order valence-electron chi connectivity index (χ3n) is 5.63. The zero-order chi connectivity index (χ0) is 16.4. The molecule has 4 N–H and O–H groups in total. The highest BCUT2D eigenvalue weighted by molar-refractivity contribution is 5.82. The lowest BCUT2D eigenvalue weighted by Gasteiger charge is -2.46. The van der Waals surface area contributed by atoms with E-state index in [0.29, 0.717) is 12.8 Å². The molecule has 1 saturated carbocycles. The molecule has 0 radical (unpaired) electrons. The summed E-state index contributed by atoms with van der Waals surface area (Å²) in [6, 6.07) is -0.499. The van der Waals surface area contributed by atoms with Gasteiger partial charge in [-0.05, 0) is 30.1 Å². The van der Waals surface area contributed by atoms with Gasteiger partial charge in [-0.3, -0.25) is 9.59 Å². The largest absolute Gasteiger partial charge is 0.481 e. The number of nitrogens with two attached hydrogens (primary N) is 1. The van der Waals surface area contributed by atoms with Crippen molar-refractivity contribution in [3.8, 4) is 0 Å². The number of carboxylic acid groups (broad SMARTS) is 1. The minimum Gasteiger partial charge on any atom is -0.481 e. The molecule has 1 aliphatic rings. The first kappa shape index (κ1) is 18.0. The van der Waals surface area contributed by atoms with E-state index in [0.717, 1.165) is 6.42 Å². The molecular formula is C16H30N2O3. The van der Waals surface area contributed by atoms with E-state index in [1.54, 1.807) is 0 Å². The van der Waals surface area contributed by atoms with Crippen LogP contribution in [0.4, 0.5) is 0 Å². The normalized spacial score (nSPS) is 31.2. The minimum absolute atomic E-state index is 0.00166. The average Bonchev–Trinajstić information content (AvgIpc) is 2.41. The summed E-state index contributed by atoms with van der Waals surface area (Å²) in [6.07, 6.45) is 2.15. The van der Waals surface area contributed by atoms with Crippen LogP contribution < -0.4 is 11.1 Å². The zero-order valence-electron chi connectivity index (χ0n) is 13.8. The quantitative estimate of drug-likeness (QED) is 0.724. The van der Waals surface area contributed by atoms with E-state index < -0.39 is 12.0 Å². The molecule has 5 nitrogen and oxygen atoms in total. The molecule has 5 heteroatoms. The Kier molecular flexibility index (Phi) is 5.79. The summed E-state index contributed by atoms with van der Waals surface area (Å²) in [5.41, 5.74) is 5.63. The second kappa shape index (κ2) is 6.77. The summed E-state index contributed by atoms with van der Waals surface area (Å²) in [7, 11) is 0. The summed E-state index contributed by atoms with van der Waals surface area (Å²) in [4.78, 5) is 23.6. The molecule has 1 rings (SSSR count). The Morgan fingerprint density at radius 2 is 1.95 bits per heavy atom. The van der Waals surface area contributed by atoms with Crippen molar-refractivity contribution < 1.29 is 14.7 Å². The highest BCUT2D eigenvalue weighted by Gasteiger charge is 2.46. The number of carbonyl (C=O) groups is 2. The predicted octanol–water partition coefficient (Wildman–Crippen LogP) is 2.00. The van der Waals surface area contributed by atoms with Crippen LogP contribution in [0.1, 0.15) is 53.9 Å². The maximum absolute atomic E-state index is 12.2. The first-order valence-electron chi connectivity index (χ1n) is 7.91. The number of carbonyl (C=O) groups excluding carboxylic acids is 1. The van der Waals surface area contributed by atoms with E-state index in [-0.39, 0.29) is 35.1 Å². The van der Waals surface area contributed by atoms with Gasteiger partial charge < -0.3 is 16.2 Å². The fourth-order valence-corrected chi connectivity index (χ4v) is 3.23. The zero-order valence-corrected chi connectivity index (χ0v) is 13.8. The van der Waals surface area contributed by atoms with Gasteiger partial charge in [-0.1, -0.05) is 41.0 Å². The summed E-state index contributed by atoms with van der Waals surface area (Å²) in [6.45, 7) is 9.96. The Balaban J connectivity index is 2.74. The lowest BCUT2D eigenvalue weighted by molar-refractivity contribution is -0.150. The molecule has 0 aromatic rings. The molecule has 0 aromatic carbocycles. The Hall–Kier alpha value is -1.10. The van der Waals surface area contributed by atoms with Crippen molar-refractivity contribution in [1.29, 1.82) is 0 Å². The highest BCUT2D eigenvalue weighted by atomic mass is 16.4. The van der Waals surface area contributed by atoms with Crippen LogP contribution in [0.2, 0.25) is 0 Å². The van der Waals surface area contributed by atoms with E-state index in [4.69, 9.17) is 5.73 Å². The summed E-state index contributed by atoms with van der Waals surface area (Å²) < 4.78 is 0. The van der Waals surface area contributed by atoms with Gasteiger partial charge in [-0.15, -0.1) is 0 Å². The highest BCUT2D eigenvalue weighted by Crippen LogP contribution is 2.45. The molecule has 0 saturated heterocycles. The molecule has 0 spiro atoms. The van der Waals surface area contributed by atoms with E-state index in [1.165, 1.54) is 0 Å². The van der Waals surface area contributed by atoms with Crippen molar-refractivity contribution in [2.75, 3.05) is 0 Å². The molecule has 0 bridgehead atoms. The molecule has 1 fully saturated rings. The number of nitrogens with one attached hydrogen (secondary N) is 1. The monoisotopic (exact) mass is 298 g/mol. The van der Waals surface area contributed by atoms with Crippen molar-refractivity contribution in [2.24, 2.45) is 28.9 Å². The topological polar surface area (TPSA) is 92.4 Å². The van der Waals surface area contributed by atoms with E-state index in [2.05, 4.69) is 5.32 Å². The molecule has 1 aliphatic carbocycles. The molecule has 122 valence electrons. The minimum atomic E-state index is -0.743. The second-order valence-electron chi connectivity index (χ2n) is 7.10. The fourth-order valence-electron chi connectivity index (χ4n) is 3.23. The van der Waals surface area contributed by atoms with Crippen molar-refractivity contribution in [1.82, 2.24) is 5.32 Å². The fraction of sp³-hybridized carbons (Fsp3) is 0.875. The molecule has 1 amide bonds. The standard InChI is InChI=1S/C16H30N2O3/c1-6-9(2)13(17)14(19)18-12-8-7-11(15(20)21)16(4,5)10(12)3/h9-13H,6-8,17H2,1-5H3,(H,18,19)(H,20,21)/t9?,10?,11?,12?,13-/m0/s1. The number of rotatable bonds is 5. The third-order valence-corrected chi connectivity index (χ3v) is 5.63. The lowest BCUT2D eigenvalue weighted by atomic mass is 9.61. The van der Waals surface area contributed by atoms with Gasteiger partial charge in [-0.25, -0.2) is 0 Å². The van der Waals surface area contributed by atoms with Crippen LogP contribution in [0.3, 0.4) is 0 Å². The lowest BCUT2D eigenvalue weighted by Crippen LogP contribution is -2.56. The molecular weight excluding hydrogens is 268 g/mol. The predicted molar refractivity (Wildman–Crippen MR) is 82.7 cm³/mol. The van der Waals surface area contributed by atoms with Crippen LogP contribution in [0.25, 0.3) is 0 Å². The maximum Gasteiger partial charge on any atom is 0.307 e. The maximum atomic E-state index is 12.2. The Morgan fingerprint density at radius 1 is 1.38 bits per heavy atom. The van der Waals surface area contributed by atoms with Crippen molar-refractivity contribution in [3.63, 3.8) is 0 Å². The number of carboxylic acids is 1. The molecule has 4 unspecified atom stereocenters. The summed E-state index contributed by atoms with van der Waals surface area (Å²) in [5.74, 6) is -0.980. The van der Waals surface area contributed by atoms with Crippen LogP contribution in [0, 0.1) is 23.2 Å². The average molecular weight is 298 g/mol. The van der Waals surface area contributed by atoms with Crippen molar-refractivity contribution >= 4 is 11.9 Å². The van der Waals surface area contributed by atoms with Gasteiger partial charge in [0.1, 0.15) is 0 Å². The first-order valence-corrected chi connectivity index (χ1v) is 7.91. The van der Waals surface area contributed by atoms with Gasteiger partial charge in [0.05, 0.1) is 12.0 Å². The van der Waals surface area contributed by atoms with Crippen LogP contribution in [-0.4, -0.2) is 29.1 Å². The van der Waals surface area contributed by atoms with Gasteiger partial charge in [0.2, 0.25) is 5.91 Å². The smallest absolute Gasteiger partial charge is 0.307 e. The SMILES string of the molecule is CCC(C)[C@H](N)C(=O)NC1CCC(C(=O)O)C(C)(C)C1C. The van der Waals surface area contributed by atoms with E-state index in [9.17, 15) is 14.7 Å². The van der Waals surface area contributed by atoms with Crippen LogP contribution in [-0.2, 0) is 9.59 Å².